The molecule has 0 aromatic carbocycles. The predicted octanol–water partition coefficient (Wildman–Crippen LogP) is 3.55. The molecule has 3 aromatic heterocycles. The molecule has 29 heavy (non-hydrogen) atoms. The van der Waals surface area contributed by atoms with Crippen molar-refractivity contribution in [2.24, 2.45) is 0 Å². The maximum Gasteiger partial charge on any atom is 0.341 e. The summed E-state index contributed by atoms with van der Waals surface area (Å²) in [4.78, 5) is 35.6. The van der Waals surface area contributed by atoms with Crippen LogP contribution >= 0.6 is 11.3 Å². The molecular formula is C18H18N4O6S. The molecule has 11 heteroatoms. The van der Waals surface area contributed by atoms with Gasteiger partial charge in [0.15, 0.2) is 0 Å². The topological polar surface area (TPSA) is 130 Å². The van der Waals surface area contributed by atoms with Gasteiger partial charge in [0, 0.05) is 10.9 Å². The van der Waals surface area contributed by atoms with Gasteiger partial charge in [-0.1, -0.05) is 0 Å². The fourth-order valence-electron chi connectivity index (χ4n) is 2.88. The number of aryl methyl sites for hydroxylation is 1. The molecule has 3 rings (SSSR count). The minimum atomic E-state index is -0.586. The highest BCUT2D eigenvalue weighted by atomic mass is 32.1. The van der Waals surface area contributed by atoms with Gasteiger partial charge in [0.05, 0.1) is 17.8 Å². The normalized spacial score (nSPS) is 10.7. The Kier molecular flexibility index (Phi) is 5.78. The maximum atomic E-state index is 12.5. The van der Waals surface area contributed by atoms with E-state index in [1.54, 1.807) is 24.4 Å². The fraction of sp³-hybridized carbons (Fsp3) is 0.278. The highest BCUT2D eigenvalue weighted by Crippen LogP contribution is 2.36. The molecule has 0 radical (unpaired) electrons. The second kappa shape index (κ2) is 8.27. The molecule has 0 bridgehead atoms. The number of furan rings is 1. The number of carbonyl (C=O) groups excluding carboxylic acids is 2. The second-order valence-corrected chi connectivity index (χ2v) is 6.91. The standard InChI is InChI=1S/C18H18N4O6S/c1-4-27-18(24)15-12(13-6-5-7-28-13)9-29-17(15)19-14(23)8-21-11(3)16(22(25)26)10(2)20-21/h5-7,9H,4,8H2,1-3H3,(H,19,23). The van der Waals surface area contributed by atoms with Gasteiger partial charge < -0.3 is 14.5 Å². The smallest absolute Gasteiger partial charge is 0.341 e. The Labute approximate surface area is 169 Å². The first-order valence-electron chi connectivity index (χ1n) is 8.64. The number of hydrogen-bond donors (Lipinski definition) is 1. The van der Waals surface area contributed by atoms with Crippen LogP contribution in [0.1, 0.15) is 28.7 Å². The molecule has 0 aliphatic carbocycles. The van der Waals surface area contributed by atoms with Crippen molar-refractivity contribution < 1.29 is 23.7 Å². The van der Waals surface area contributed by atoms with E-state index >= 15 is 0 Å². The van der Waals surface area contributed by atoms with Crippen molar-refractivity contribution in [2.45, 2.75) is 27.3 Å². The zero-order chi connectivity index (χ0) is 21.1. The molecule has 3 aromatic rings. The van der Waals surface area contributed by atoms with E-state index in [1.165, 1.54) is 24.8 Å². The van der Waals surface area contributed by atoms with Crippen LogP contribution in [0.2, 0.25) is 0 Å². The van der Waals surface area contributed by atoms with Crippen LogP contribution in [-0.4, -0.2) is 33.2 Å². The van der Waals surface area contributed by atoms with Crippen LogP contribution in [0.15, 0.2) is 28.2 Å². The molecule has 1 N–H and O–H groups in total. The number of nitrogens with one attached hydrogen (secondary N) is 1. The zero-order valence-electron chi connectivity index (χ0n) is 15.9. The molecule has 0 spiro atoms. The summed E-state index contributed by atoms with van der Waals surface area (Å²) in [5.74, 6) is -0.597. The van der Waals surface area contributed by atoms with Crippen molar-refractivity contribution in [1.29, 1.82) is 0 Å². The lowest BCUT2D eigenvalue weighted by Gasteiger charge is -2.08. The number of ether oxygens (including phenoxy) is 1. The lowest BCUT2D eigenvalue weighted by Crippen LogP contribution is -2.21. The van der Waals surface area contributed by atoms with Gasteiger partial charge in [0.2, 0.25) is 5.91 Å². The zero-order valence-corrected chi connectivity index (χ0v) is 16.7. The SMILES string of the molecule is CCOC(=O)c1c(-c2ccco2)csc1NC(=O)Cn1nc(C)c([N+](=O)[O-])c1C. The molecule has 10 nitrogen and oxygen atoms in total. The van der Waals surface area contributed by atoms with Crippen LogP contribution < -0.4 is 5.32 Å². The Morgan fingerprint density at radius 3 is 2.76 bits per heavy atom. The van der Waals surface area contributed by atoms with Gasteiger partial charge in [-0.2, -0.15) is 5.10 Å². The molecule has 0 aliphatic rings. The number of nitrogens with zero attached hydrogens (tertiary/aromatic N) is 3. The second-order valence-electron chi connectivity index (χ2n) is 6.03. The first-order chi connectivity index (χ1) is 13.8. The Morgan fingerprint density at radius 1 is 1.41 bits per heavy atom. The predicted molar refractivity (Wildman–Crippen MR) is 105 cm³/mol. The largest absolute Gasteiger partial charge is 0.464 e. The minimum absolute atomic E-state index is 0.124. The first-order valence-corrected chi connectivity index (χ1v) is 9.52. The van der Waals surface area contributed by atoms with E-state index in [9.17, 15) is 19.7 Å². The quantitative estimate of drug-likeness (QED) is 0.353. The fourth-order valence-corrected chi connectivity index (χ4v) is 3.83. The van der Waals surface area contributed by atoms with Crippen molar-refractivity contribution in [2.75, 3.05) is 11.9 Å². The molecule has 0 saturated heterocycles. The Balaban J connectivity index is 1.87. The summed E-state index contributed by atoms with van der Waals surface area (Å²) in [6.45, 7) is 4.65. The highest BCUT2D eigenvalue weighted by molar-refractivity contribution is 7.15. The summed E-state index contributed by atoms with van der Waals surface area (Å²) in [6.07, 6.45) is 1.48. The van der Waals surface area contributed by atoms with Gasteiger partial charge in [-0.15, -0.1) is 11.3 Å². The number of rotatable bonds is 7. The van der Waals surface area contributed by atoms with E-state index < -0.39 is 16.8 Å². The molecule has 0 fully saturated rings. The number of carbonyl (C=O) groups is 2. The highest BCUT2D eigenvalue weighted by Gasteiger charge is 2.26. The summed E-state index contributed by atoms with van der Waals surface area (Å²) in [6, 6.07) is 3.39. The number of amides is 1. The average Bonchev–Trinajstić information content (AvgIpc) is 3.35. The van der Waals surface area contributed by atoms with E-state index in [4.69, 9.17) is 9.15 Å². The van der Waals surface area contributed by atoms with Crippen LogP contribution in [0.5, 0.6) is 0 Å². The van der Waals surface area contributed by atoms with E-state index in [1.807, 2.05) is 0 Å². The van der Waals surface area contributed by atoms with Crippen LogP contribution in [0, 0.1) is 24.0 Å². The van der Waals surface area contributed by atoms with Gasteiger partial charge >= 0.3 is 11.7 Å². The maximum absolute atomic E-state index is 12.5. The van der Waals surface area contributed by atoms with Crippen LogP contribution in [-0.2, 0) is 16.1 Å². The molecule has 1 amide bonds. The van der Waals surface area contributed by atoms with E-state index in [0.29, 0.717) is 16.3 Å². The third kappa shape index (κ3) is 4.04. The molecular weight excluding hydrogens is 400 g/mol. The van der Waals surface area contributed by atoms with Crippen LogP contribution in [0.4, 0.5) is 10.7 Å². The number of hydrogen-bond acceptors (Lipinski definition) is 8. The molecule has 0 unspecified atom stereocenters. The van der Waals surface area contributed by atoms with Crippen LogP contribution in [0.3, 0.4) is 0 Å². The number of nitro groups is 1. The van der Waals surface area contributed by atoms with Crippen LogP contribution in [0.25, 0.3) is 11.3 Å². The van der Waals surface area contributed by atoms with Gasteiger partial charge in [-0.3, -0.25) is 19.6 Å². The van der Waals surface area contributed by atoms with Crippen molar-refractivity contribution in [3.05, 3.63) is 50.8 Å². The molecule has 0 saturated carbocycles. The Morgan fingerprint density at radius 2 is 2.17 bits per heavy atom. The lowest BCUT2D eigenvalue weighted by atomic mass is 10.1. The lowest BCUT2D eigenvalue weighted by molar-refractivity contribution is -0.386. The van der Waals surface area contributed by atoms with Crippen molar-refractivity contribution in [1.82, 2.24) is 9.78 Å². The summed E-state index contributed by atoms with van der Waals surface area (Å²) in [5, 5.41) is 19.8. The number of aromatic nitrogens is 2. The molecule has 0 atom stereocenters. The van der Waals surface area contributed by atoms with Crippen molar-refractivity contribution in [3.8, 4) is 11.3 Å². The summed E-state index contributed by atoms with van der Waals surface area (Å²) in [7, 11) is 0. The van der Waals surface area contributed by atoms with E-state index in [2.05, 4.69) is 10.4 Å². The third-order valence-electron chi connectivity index (χ3n) is 4.13. The summed E-state index contributed by atoms with van der Waals surface area (Å²) < 4.78 is 11.7. The minimum Gasteiger partial charge on any atom is -0.464 e. The van der Waals surface area contributed by atoms with Crippen molar-refractivity contribution >= 4 is 33.9 Å². The van der Waals surface area contributed by atoms with E-state index in [-0.39, 0.29) is 35.8 Å². The Bertz CT molecular complexity index is 1070. The summed E-state index contributed by atoms with van der Waals surface area (Å²) >= 11 is 1.15. The third-order valence-corrected chi connectivity index (χ3v) is 5.02. The summed E-state index contributed by atoms with van der Waals surface area (Å²) in [5.41, 5.74) is 1.08. The van der Waals surface area contributed by atoms with Gasteiger partial charge in [0.1, 0.15) is 34.3 Å². The Hall–Kier alpha value is -3.47. The molecule has 0 aliphatic heterocycles. The monoisotopic (exact) mass is 418 g/mol. The average molecular weight is 418 g/mol. The first kappa shape index (κ1) is 20.3. The number of esters is 1. The number of anilines is 1. The number of thiophene rings is 1. The molecule has 3 heterocycles. The van der Waals surface area contributed by atoms with Gasteiger partial charge in [0.25, 0.3) is 0 Å². The van der Waals surface area contributed by atoms with Gasteiger partial charge in [-0.05, 0) is 32.9 Å². The van der Waals surface area contributed by atoms with Gasteiger partial charge in [-0.25, -0.2) is 4.79 Å². The van der Waals surface area contributed by atoms with E-state index in [0.717, 1.165) is 11.3 Å². The van der Waals surface area contributed by atoms with Crippen molar-refractivity contribution in [3.63, 3.8) is 0 Å². The molecule has 152 valence electrons.